The molecule has 1 N–H and O–H groups in total. The fraction of sp³-hybridized carbons (Fsp3) is 0.600. The molecule has 2 aromatic heterocycles. The van der Waals surface area contributed by atoms with Crippen molar-refractivity contribution >= 4 is 11.9 Å². The van der Waals surface area contributed by atoms with Crippen LogP contribution in [0.15, 0.2) is 18.7 Å². The van der Waals surface area contributed by atoms with Crippen LogP contribution in [-0.4, -0.2) is 65.0 Å². The van der Waals surface area contributed by atoms with Crippen LogP contribution in [0, 0.1) is 6.92 Å². The number of carboxylic acids is 1. The predicted octanol–water partition coefficient (Wildman–Crippen LogP) is 0.0607. The summed E-state index contributed by atoms with van der Waals surface area (Å²) in [5, 5.41) is 24.8. The number of tetrazole rings is 1. The van der Waals surface area contributed by atoms with Gasteiger partial charge in [-0.05, 0) is 29.3 Å². The molecule has 10 heteroatoms. The Kier molecular flexibility index (Phi) is 4.77. The number of aromatic nitrogens is 6. The molecule has 1 aliphatic rings. The summed E-state index contributed by atoms with van der Waals surface area (Å²) < 4.78 is 3.11. The van der Waals surface area contributed by atoms with Crippen molar-refractivity contribution in [2.24, 2.45) is 0 Å². The molecule has 3 heterocycles. The molecule has 0 bridgehead atoms. The lowest BCUT2D eigenvalue weighted by atomic mass is 9.87. The smallest absolute Gasteiger partial charge is 0.331 e. The Bertz CT molecular complexity index is 732. The number of piperidine rings is 1. The van der Waals surface area contributed by atoms with E-state index >= 15 is 0 Å². The molecule has 0 spiro atoms. The number of rotatable bonds is 6. The summed E-state index contributed by atoms with van der Waals surface area (Å²) in [6.07, 6.45) is 6.64. The van der Waals surface area contributed by atoms with Gasteiger partial charge in [0.15, 0.2) is 5.54 Å². The molecule has 0 aliphatic carbocycles. The van der Waals surface area contributed by atoms with Crippen molar-refractivity contribution in [2.45, 2.75) is 44.7 Å². The summed E-state index contributed by atoms with van der Waals surface area (Å²) in [6.45, 7) is 3.28. The number of hydrogen-bond donors (Lipinski definition) is 1. The minimum atomic E-state index is -1.07. The lowest BCUT2D eigenvalue weighted by Crippen LogP contribution is -2.52. The van der Waals surface area contributed by atoms with Crippen molar-refractivity contribution in [3.05, 3.63) is 24.3 Å². The van der Waals surface area contributed by atoms with E-state index in [4.69, 9.17) is 0 Å². The fourth-order valence-corrected chi connectivity index (χ4v) is 3.15. The monoisotopic (exact) mass is 347 g/mol. The fourth-order valence-electron chi connectivity index (χ4n) is 3.15. The van der Waals surface area contributed by atoms with E-state index in [2.05, 4.69) is 20.6 Å². The number of likely N-dealkylation sites (tertiary alicyclic amines) is 1. The lowest BCUT2D eigenvalue weighted by molar-refractivity contribution is -0.153. The molecule has 1 aliphatic heterocycles. The van der Waals surface area contributed by atoms with Crippen LogP contribution < -0.4 is 0 Å². The average molecular weight is 347 g/mol. The van der Waals surface area contributed by atoms with Gasteiger partial charge in [-0.2, -0.15) is 5.10 Å². The summed E-state index contributed by atoms with van der Waals surface area (Å²) in [5.41, 5.74) is -0.154. The highest BCUT2D eigenvalue weighted by Gasteiger charge is 2.44. The van der Waals surface area contributed by atoms with Crippen LogP contribution in [0.3, 0.4) is 0 Å². The van der Waals surface area contributed by atoms with Gasteiger partial charge in [0.05, 0.1) is 6.20 Å². The van der Waals surface area contributed by atoms with E-state index in [1.54, 1.807) is 22.0 Å². The first kappa shape index (κ1) is 17.1. The van der Waals surface area contributed by atoms with Crippen LogP contribution in [0.5, 0.6) is 0 Å². The van der Waals surface area contributed by atoms with Crippen LogP contribution in [-0.2, 0) is 21.7 Å². The van der Waals surface area contributed by atoms with Crippen molar-refractivity contribution < 1.29 is 14.7 Å². The van der Waals surface area contributed by atoms with Crippen molar-refractivity contribution in [3.8, 4) is 0 Å². The Hall–Kier alpha value is -2.78. The van der Waals surface area contributed by atoms with Crippen LogP contribution in [0.1, 0.15) is 31.2 Å². The van der Waals surface area contributed by atoms with Crippen molar-refractivity contribution in [2.75, 3.05) is 13.1 Å². The Morgan fingerprint density at radius 1 is 1.32 bits per heavy atom. The van der Waals surface area contributed by atoms with Crippen molar-refractivity contribution in [1.82, 2.24) is 34.9 Å². The van der Waals surface area contributed by atoms with Gasteiger partial charge in [0.25, 0.3) is 0 Å². The zero-order valence-corrected chi connectivity index (χ0v) is 14.1. The van der Waals surface area contributed by atoms with E-state index in [9.17, 15) is 14.7 Å². The predicted molar refractivity (Wildman–Crippen MR) is 85.4 cm³/mol. The van der Waals surface area contributed by atoms with E-state index < -0.39 is 11.5 Å². The highest BCUT2D eigenvalue weighted by Crippen LogP contribution is 2.30. The van der Waals surface area contributed by atoms with Gasteiger partial charge in [0.1, 0.15) is 6.33 Å². The van der Waals surface area contributed by atoms with Gasteiger partial charge in [0.2, 0.25) is 5.91 Å². The highest BCUT2D eigenvalue weighted by atomic mass is 16.4. The number of nitrogens with zero attached hydrogens (tertiary/aromatic N) is 7. The number of carbonyl (C=O) groups excluding carboxylic acids is 1. The highest BCUT2D eigenvalue weighted by molar-refractivity contribution is 5.79. The number of amides is 1. The van der Waals surface area contributed by atoms with Gasteiger partial charge in [0, 0.05) is 45.1 Å². The normalized spacial score (nSPS) is 16.8. The van der Waals surface area contributed by atoms with Gasteiger partial charge in [-0.3, -0.25) is 9.48 Å². The minimum absolute atomic E-state index is 0.0312. The first-order valence-corrected chi connectivity index (χ1v) is 8.25. The van der Waals surface area contributed by atoms with Crippen LogP contribution >= 0.6 is 0 Å². The third-order valence-corrected chi connectivity index (χ3v) is 4.66. The maximum atomic E-state index is 12.3. The number of aryl methyl sites for hydroxylation is 2. The zero-order valence-electron chi connectivity index (χ0n) is 14.1. The Labute approximate surface area is 144 Å². The van der Waals surface area contributed by atoms with E-state index in [0.717, 1.165) is 5.56 Å². The molecule has 1 amide bonds. The maximum absolute atomic E-state index is 12.3. The van der Waals surface area contributed by atoms with Crippen molar-refractivity contribution in [3.63, 3.8) is 0 Å². The summed E-state index contributed by atoms with van der Waals surface area (Å²) in [6, 6.07) is 0. The molecule has 0 aromatic carbocycles. The van der Waals surface area contributed by atoms with Crippen LogP contribution in [0.4, 0.5) is 0 Å². The second kappa shape index (κ2) is 6.99. The number of aliphatic carboxylic acids is 1. The van der Waals surface area contributed by atoms with Gasteiger partial charge in [-0.1, -0.05) is 0 Å². The summed E-state index contributed by atoms with van der Waals surface area (Å²) >= 11 is 0. The lowest BCUT2D eigenvalue weighted by Gasteiger charge is -2.39. The van der Waals surface area contributed by atoms with E-state index in [1.807, 2.05) is 6.92 Å². The standard InChI is InChI=1S/C15H21N7O3/c1-12-9-17-22(10-12)15(14(24)25)4-7-20(8-5-15)13(23)3-2-6-21-11-16-18-19-21/h9-11H,2-8H2,1H3,(H,24,25). The molecule has 25 heavy (non-hydrogen) atoms. The van der Waals surface area contributed by atoms with Gasteiger partial charge < -0.3 is 10.0 Å². The molecule has 3 rings (SSSR count). The largest absolute Gasteiger partial charge is 0.479 e. The van der Waals surface area contributed by atoms with E-state index in [-0.39, 0.29) is 5.91 Å². The van der Waals surface area contributed by atoms with Crippen LogP contribution in [0.25, 0.3) is 0 Å². The first-order chi connectivity index (χ1) is 12.0. The minimum Gasteiger partial charge on any atom is -0.479 e. The van der Waals surface area contributed by atoms with E-state index in [0.29, 0.717) is 45.3 Å². The number of carbonyl (C=O) groups is 2. The number of hydrogen-bond acceptors (Lipinski definition) is 6. The zero-order chi connectivity index (χ0) is 17.9. The van der Waals surface area contributed by atoms with Gasteiger partial charge in [-0.25, -0.2) is 9.48 Å². The Morgan fingerprint density at radius 3 is 2.64 bits per heavy atom. The molecular formula is C15H21N7O3. The molecule has 2 aromatic rings. The molecule has 1 fully saturated rings. The Morgan fingerprint density at radius 2 is 2.08 bits per heavy atom. The average Bonchev–Trinajstić information content (AvgIpc) is 3.26. The Balaban J connectivity index is 1.56. The van der Waals surface area contributed by atoms with Gasteiger partial charge >= 0.3 is 5.97 Å². The SMILES string of the molecule is Cc1cnn(C2(C(=O)O)CCN(C(=O)CCCn3cnnn3)CC2)c1. The van der Waals surface area contributed by atoms with E-state index in [1.165, 1.54) is 11.0 Å². The second-order valence-corrected chi connectivity index (χ2v) is 6.36. The summed E-state index contributed by atoms with van der Waals surface area (Å²) in [5.74, 6) is -0.870. The molecule has 134 valence electrons. The number of carboxylic acid groups (broad SMARTS) is 1. The van der Waals surface area contributed by atoms with Crippen LogP contribution in [0.2, 0.25) is 0 Å². The summed E-state index contributed by atoms with van der Waals surface area (Å²) in [7, 11) is 0. The van der Waals surface area contributed by atoms with Gasteiger partial charge in [-0.15, -0.1) is 5.10 Å². The topological polar surface area (TPSA) is 119 Å². The third-order valence-electron chi connectivity index (χ3n) is 4.66. The second-order valence-electron chi connectivity index (χ2n) is 6.36. The first-order valence-electron chi connectivity index (χ1n) is 8.25. The molecule has 10 nitrogen and oxygen atoms in total. The molecule has 1 saturated heterocycles. The molecule has 0 saturated carbocycles. The maximum Gasteiger partial charge on any atom is 0.331 e. The molecule has 0 unspecified atom stereocenters. The molecular weight excluding hydrogens is 326 g/mol. The third kappa shape index (κ3) is 3.52. The molecule has 0 atom stereocenters. The quantitative estimate of drug-likeness (QED) is 0.784. The summed E-state index contributed by atoms with van der Waals surface area (Å²) in [4.78, 5) is 26.0. The van der Waals surface area contributed by atoms with Crippen molar-refractivity contribution in [1.29, 1.82) is 0 Å². The molecule has 0 radical (unpaired) electrons.